The van der Waals surface area contributed by atoms with Gasteiger partial charge in [0, 0.05) is 17.8 Å². The molecule has 0 saturated carbocycles. The highest BCUT2D eigenvalue weighted by Crippen LogP contribution is 2.21. The number of benzene rings is 2. The average molecular weight is 368 g/mol. The fourth-order valence-corrected chi connectivity index (χ4v) is 3.29. The summed E-state index contributed by atoms with van der Waals surface area (Å²) in [7, 11) is 1.59. The van der Waals surface area contributed by atoms with Gasteiger partial charge in [-0.2, -0.15) is 0 Å². The fraction of sp³-hybridized carbons (Fsp3) is 0.333. The van der Waals surface area contributed by atoms with Gasteiger partial charge in [-0.1, -0.05) is 12.1 Å². The molecule has 1 heterocycles. The first kappa shape index (κ1) is 18.9. The minimum atomic E-state index is -0.696. The molecule has 0 radical (unpaired) electrons. The predicted molar refractivity (Wildman–Crippen MR) is 103 cm³/mol. The van der Waals surface area contributed by atoms with Crippen LogP contribution >= 0.6 is 0 Å². The molecule has 6 heteroatoms. The molecule has 0 aromatic heterocycles. The maximum absolute atomic E-state index is 12.4. The van der Waals surface area contributed by atoms with Crippen molar-refractivity contribution in [3.05, 3.63) is 59.7 Å². The lowest BCUT2D eigenvalue weighted by Gasteiger charge is -2.30. The van der Waals surface area contributed by atoms with Crippen LogP contribution in [0.4, 0.5) is 5.69 Å². The maximum atomic E-state index is 12.4. The van der Waals surface area contributed by atoms with Crippen molar-refractivity contribution in [3.8, 4) is 5.75 Å². The summed E-state index contributed by atoms with van der Waals surface area (Å²) < 4.78 is 5.11. The third-order valence-electron chi connectivity index (χ3n) is 4.88. The molecule has 1 saturated heterocycles. The molecule has 1 amide bonds. The Morgan fingerprint density at radius 2 is 1.85 bits per heavy atom. The summed E-state index contributed by atoms with van der Waals surface area (Å²) in [5, 5.41) is 12.0. The quantitative estimate of drug-likeness (QED) is 0.818. The number of likely N-dealkylation sites (tertiary alicyclic amines) is 1. The van der Waals surface area contributed by atoms with Crippen molar-refractivity contribution in [2.24, 2.45) is 5.92 Å². The van der Waals surface area contributed by atoms with E-state index in [2.05, 4.69) is 10.2 Å². The molecule has 1 aliphatic rings. The third kappa shape index (κ3) is 5.08. The summed E-state index contributed by atoms with van der Waals surface area (Å²) in [5.74, 6) is -0.383. The highest BCUT2D eigenvalue weighted by Gasteiger charge is 2.24. The van der Waals surface area contributed by atoms with Crippen LogP contribution in [0.3, 0.4) is 0 Å². The first-order valence-corrected chi connectivity index (χ1v) is 9.04. The first-order chi connectivity index (χ1) is 13.0. The van der Waals surface area contributed by atoms with Crippen molar-refractivity contribution in [2.45, 2.75) is 19.4 Å². The zero-order valence-electron chi connectivity index (χ0n) is 15.4. The third-order valence-corrected chi connectivity index (χ3v) is 4.88. The van der Waals surface area contributed by atoms with Gasteiger partial charge in [0.25, 0.3) is 5.91 Å². The summed E-state index contributed by atoms with van der Waals surface area (Å²) in [6, 6.07) is 14.7. The molecule has 6 nitrogen and oxygen atoms in total. The van der Waals surface area contributed by atoms with E-state index in [4.69, 9.17) is 9.84 Å². The molecule has 0 atom stereocenters. The minimum Gasteiger partial charge on any atom is -0.497 e. The highest BCUT2D eigenvalue weighted by atomic mass is 16.5. The van der Waals surface area contributed by atoms with E-state index in [9.17, 15) is 9.59 Å². The number of hydrogen-bond donors (Lipinski definition) is 2. The SMILES string of the molecule is COc1ccc(C(=O)Nc2cccc(CN3CCC(C(=O)O)CC3)c2)cc1. The van der Waals surface area contributed by atoms with E-state index in [1.807, 2.05) is 24.3 Å². The number of methoxy groups -OCH3 is 1. The smallest absolute Gasteiger partial charge is 0.306 e. The predicted octanol–water partition coefficient (Wildman–Crippen LogP) is 3.24. The number of amides is 1. The largest absolute Gasteiger partial charge is 0.497 e. The number of rotatable bonds is 6. The number of piperidine rings is 1. The van der Waals surface area contributed by atoms with Crippen LogP contribution in [0.25, 0.3) is 0 Å². The number of hydrogen-bond acceptors (Lipinski definition) is 4. The lowest BCUT2D eigenvalue weighted by molar-refractivity contribution is -0.143. The van der Waals surface area contributed by atoms with Gasteiger partial charge >= 0.3 is 5.97 Å². The van der Waals surface area contributed by atoms with Crippen molar-refractivity contribution in [2.75, 3.05) is 25.5 Å². The molecule has 2 N–H and O–H groups in total. The summed E-state index contributed by atoms with van der Waals surface area (Å²) >= 11 is 0. The second-order valence-electron chi connectivity index (χ2n) is 6.77. The number of carbonyl (C=O) groups excluding carboxylic acids is 1. The van der Waals surface area contributed by atoms with E-state index in [1.54, 1.807) is 31.4 Å². The van der Waals surface area contributed by atoms with Gasteiger partial charge in [-0.15, -0.1) is 0 Å². The van der Waals surface area contributed by atoms with Crippen molar-refractivity contribution in [1.82, 2.24) is 4.90 Å². The minimum absolute atomic E-state index is 0.169. The Labute approximate surface area is 158 Å². The average Bonchev–Trinajstić information content (AvgIpc) is 2.68. The Bertz CT molecular complexity index is 796. The molecule has 0 spiro atoms. The molecule has 2 aromatic carbocycles. The number of carboxylic acids is 1. The summed E-state index contributed by atoms with van der Waals surface area (Å²) in [5.41, 5.74) is 2.40. The Morgan fingerprint density at radius 3 is 2.48 bits per heavy atom. The van der Waals surface area contributed by atoms with Gasteiger partial charge in [0.05, 0.1) is 13.0 Å². The van der Waals surface area contributed by atoms with Crippen LogP contribution in [0, 0.1) is 5.92 Å². The Balaban J connectivity index is 1.58. The molecule has 2 aromatic rings. The van der Waals surface area contributed by atoms with Crippen LogP contribution < -0.4 is 10.1 Å². The standard InChI is InChI=1S/C21H24N2O4/c1-27-19-7-5-16(6-8-19)20(24)22-18-4-2-3-15(13-18)14-23-11-9-17(10-12-23)21(25)26/h2-8,13,17H,9-12,14H2,1H3,(H,22,24)(H,25,26). The lowest BCUT2D eigenvalue weighted by atomic mass is 9.97. The maximum Gasteiger partial charge on any atom is 0.306 e. The lowest BCUT2D eigenvalue weighted by Crippen LogP contribution is -2.35. The Kier molecular flexibility index (Phi) is 6.08. The van der Waals surface area contributed by atoms with E-state index < -0.39 is 5.97 Å². The summed E-state index contributed by atoms with van der Waals surface area (Å²) in [4.78, 5) is 25.7. The van der Waals surface area contributed by atoms with Gasteiger partial charge in [0.2, 0.25) is 0 Å². The number of aliphatic carboxylic acids is 1. The summed E-state index contributed by atoms with van der Waals surface area (Å²) in [6.45, 7) is 2.30. The van der Waals surface area contributed by atoms with Crippen LogP contribution in [0.5, 0.6) is 5.75 Å². The summed E-state index contributed by atoms with van der Waals surface area (Å²) in [6.07, 6.45) is 1.37. The first-order valence-electron chi connectivity index (χ1n) is 9.04. The van der Waals surface area contributed by atoms with Gasteiger partial charge in [-0.25, -0.2) is 0 Å². The van der Waals surface area contributed by atoms with Crippen molar-refractivity contribution in [1.29, 1.82) is 0 Å². The van der Waals surface area contributed by atoms with Gasteiger partial charge in [-0.05, 0) is 67.9 Å². The molecule has 1 aliphatic heterocycles. The normalized spacial score (nSPS) is 15.3. The molecule has 0 aliphatic carbocycles. The van der Waals surface area contributed by atoms with Crippen molar-refractivity contribution < 1.29 is 19.4 Å². The number of anilines is 1. The van der Waals surface area contributed by atoms with Gasteiger partial charge in [0.1, 0.15) is 5.75 Å². The highest BCUT2D eigenvalue weighted by molar-refractivity contribution is 6.04. The second-order valence-corrected chi connectivity index (χ2v) is 6.77. The number of carboxylic acid groups (broad SMARTS) is 1. The number of nitrogens with zero attached hydrogens (tertiary/aromatic N) is 1. The van der Waals surface area contributed by atoms with Crippen molar-refractivity contribution >= 4 is 17.6 Å². The number of nitrogens with one attached hydrogen (secondary N) is 1. The van der Waals surface area contributed by atoms with E-state index in [0.717, 1.165) is 30.9 Å². The van der Waals surface area contributed by atoms with E-state index in [0.29, 0.717) is 24.2 Å². The molecule has 27 heavy (non-hydrogen) atoms. The molecule has 3 rings (SSSR count). The zero-order chi connectivity index (χ0) is 19.2. The number of ether oxygens (including phenoxy) is 1. The Hall–Kier alpha value is -2.86. The molecule has 1 fully saturated rings. The fourth-order valence-electron chi connectivity index (χ4n) is 3.29. The Morgan fingerprint density at radius 1 is 1.15 bits per heavy atom. The zero-order valence-corrected chi connectivity index (χ0v) is 15.4. The van der Waals surface area contributed by atoms with E-state index >= 15 is 0 Å². The molecule has 0 unspecified atom stereocenters. The molecular weight excluding hydrogens is 344 g/mol. The molecule has 142 valence electrons. The van der Waals surface area contributed by atoms with Crippen LogP contribution in [-0.4, -0.2) is 42.1 Å². The van der Waals surface area contributed by atoms with Crippen LogP contribution in [0.15, 0.2) is 48.5 Å². The number of carbonyl (C=O) groups is 2. The van der Waals surface area contributed by atoms with Gasteiger partial charge < -0.3 is 15.2 Å². The van der Waals surface area contributed by atoms with Crippen molar-refractivity contribution in [3.63, 3.8) is 0 Å². The monoisotopic (exact) mass is 368 g/mol. The van der Waals surface area contributed by atoms with E-state index in [1.165, 1.54) is 0 Å². The second kappa shape index (κ2) is 8.68. The molecule has 0 bridgehead atoms. The van der Waals surface area contributed by atoms with Gasteiger partial charge in [-0.3, -0.25) is 14.5 Å². The van der Waals surface area contributed by atoms with Crippen LogP contribution in [0.2, 0.25) is 0 Å². The van der Waals surface area contributed by atoms with Crippen LogP contribution in [-0.2, 0) is 11.3 Å². The van der Waals surface area contributed by atoms with Gasteiger partial charge in [0.15, 0.2) is 0 Å². The topological polar surface area (TPSA) is 78.9 Å². The van der Waals surface area contributed by atoms with E-state index in [-0.39, 0.29) is 11.8 Å². The van der Waals surface area contributed by atoms with Crippen LogP contribution in [0.1, 0.15) is 28.8 Å². The molecular formula is C21H24N2O4.